The lowest BCUT2D eigenvalue weighted by Gasteiger charge is -2.52. The van der Waals surface area contributed by atoms with Crippen molar-refractivity contribution in [2.45, 2.75) is 31.4 Å². The van der Waals surface area contributed by atoms with Crippen LogP contribution < -0.4 is 10.6 Å². The summed E-state index contributed by atoms with van der Waals surface area (Å²) < 4.78 is 4.88. The molecule has 3 aliphatic carbocycles. The summed E-state index contributed by atoms with van der Waals surface area (Å²) >= 11 is 0. The number of Topliss-reactive ketones (excluding diaryl/α,β-unsaturated/α-hetero) is 4. The minimum absolute atomic E-state index is 0.0396. The molecule has 12 heteroatoms. The number of anilines is 1. The third-order valence-corrected chi connectivity index (χ3v) is 8.23. The molecule has 0 radical (unpaired) electrons. The third-order valence-electron chi connectivity index (χ3n) is 8.23. The van der Waals surface area contributed by atoms with Crippen molar-refractivity contribution >= 4 is 46.8 Å². The molecule has 3 unspecified atom stereocenters. The van der Waals surface area contributed by atoms with Gasteiger partial charge in [-0.3, -0.25) is 28.9 Å². The zero-order chi connectivity index (χ0) is 29.8. The summed E-state index contributed by atoms with van der Waals surface area (Å²) in [5.41, 5.74) is 3.55. The van der Waals surface area contributed by atoms with Gasteiger partial charge in [0.15, 0.2) is 34.7 Å². The number of nitrogens with zero attached hydrogens (tertiary/aromatic N) is 2. The molecule has 0 aliphatic heterocycles. The molecule has 4 rings (SSSR count). The van der Waals surface area contributed by atoms with Crippen molar-refractivity contribution in [1.29, 1.82) is 0 Å². The number of phenolic OH excluding ortho intramolecular Hbond substituents is 1. The van der Waals surface area contributed by atoms with Crippen LogP contribution in [0.25, 0.3) is 6.08 Å². The second kappa shape index (κ2) is 10.3. The molecule has 1 amide bonds. The predicted molar refractivity (Wildman–Crippen MR) is 141 cm³/mol. The smallest absolute Gasteiger partial charge is 0.330 e. The van der Waals surface area contributed by atoms with Crippen molar-refractivity contribution in [1.82, 2.24) is 4.90 Å². The molecule has 0 aromatic heterocycles. The van der Waals surface area contributed by atoms with Gasteiger partial charge >= 0.3 is 5.97 Å². The Balaban J connectivity index is 1.87. The molecule has 1 aromatic rings. The number of carbonyl (C=O) groups is 6. The maximum absolute atomic E-state index is 14.0. The minimum Gasteiger partial charge on any atom is -0.507 e. The quantitative estimate of drug-likeness (QED) is 0.234. The highest BCUT2D eigenvalue weighted by atomic mass is 16.5. The molecule has 2 fully saturated rings. The van der Waals surface area contributed by atoms with E-state index in [9.17, 15) is 39.0 Å². The summed E-state index contributed by atoms with van der Waals surface area (Å²) in [7, 11) is 6.53. The van der Waals surface area contributed by atoms with Crippen LogP contribution in [0.1, 0.15) is 34.8 Å². The normalized spacial score (nSPS) is 29.7. The van der Waals surface area contributed by atoms with Crippen LogP contribution in [-0.2, 0) is 35.1 Å². The van der Waals surface area contributed by atoms with E-state index in [-0.39, 0.29) is 30.6 Å². The highest BCUT2D eigenvalue weighted by molar-refractivity contribution is 6.32. The van der Waals surface area contributed by atoms with E-state index in [4.69, 9.17) is 10.5 Å². The zero-order valence-electron chi connectivity index (χ0n) is 23.0. The third kappa shape index (κ3) is 4.22. The first kappa shape index (κ1) is 29.1. The average Bonchev–Trinajstić information content (AvgIpc) is 2.85. The molecule has 1 aromatic carbocycles. The largest absolute Gasteiger partial charge is 0.507 e. The molecule has 40 heavy (non-hydrogen) atoms. The number of carbonyl (C=O) groups excluding carboxylic acids is 6. The van der Waals surface area contributed by atoms with Gasteiger partial charge in [-0.05, 0) is 57.5 Å². The number of benzene rings is 1. The van der Waals surface area contributed by atoms with Crippen molar-refractivity contribution in [3.63, 3.8) is 0 Å². The number of rotatable bonds is 6. The number of fused-ring (bicyclic) bond motifs is 3. The molecule has 0 heterocycles. The van der Waals surface area contributed by atoms with Gasteiger partial charge in [-0.1, -0.05) is 0 Å². The van der Waals surface area contributed by atoms with Crippen LogP contribution in [0.4, 0.5) is 5.69 Å². The van der Waals surface area contributed by atoms with Crippen molar-refractivity contribution < 1.29 is 43.7 Å². The lowest BCUT2D eigenvalue weighted by Crippen LogP contribution is -2.74. The van der Waals surface area contributed by atoms with Crippen LogP contribution in [0, 0.1) is 23.7 Å². The molecule has 3 aliphatic rings. The monoisotopic (exact) mass is 555 g/mol. The number of primary amides is 1. The van der Waals surface area contributed by atoms with Crippen LogP contribution >= 0.6 is 0 Å². The number of hydrogen-bond donors (Lipinski definition) is 3. The van der Waals surface area contributed by atoms with Crippen LogP contribution in [0.15, 0.2) is 12.1 Å². The van der Waals surface area contributed by atoms with Gasteiger partial charge in [-0.15, -0.1) is 0 Å². The van der Waals surface area contributed by atoms with E-state index in [2.05, 4.69) is 0 Å². The molecule has 214 valence electrons. The Bertz CT molecular complexity index is 1360. The number of esters is 1. The number of aliphatic hydroxyl groups is 1. The van der Waals surface area contributed by atoms with Gasteiger partial charge in [-0.2, -0.15) is 0 Å². The molecule has 2 saturated carbocycles. The van der Waals surface area contributed by atoms with Gasteiger partial charge < -0.3 is 25.6 Å². The van der Waals surface area contributed by atoms with Crippen molar-refractivity contribution in [2.75, 3.05) is 39.7 Å². The highest BCUT2D eigenvalue weighted by Crippen LogP contribution is 2.52. The number of phenols is 1. The summed E-state index contributed by atoms with van der Waals surface area (Å²) in [5, 5.41) is 22.8. The van der Waals surface area contributed by atoms with E-state index in [0.29, 0.717) is 11.3 Å². The SMILES string of the molecule is CCOC(=O)/C=C/c1cc(N(C)C)c2c(c1O)C(=O)C1C(=O)[C@@]3(O)C(=O)C(C(N)=O)C(=O)C(N(C)C)[C@H]3C[C@H]1C2. The van der Waals surface area contributed by atoms with Gasteiger partial charge in [-0.25, -0.2) is 4.79 Å². The number of likely N-dealkylation sites (N-methyl/N-ethyl adjacent to an activating group) is 1. The maximum atomic E-state index is 14.0. The summed E-state index contributed by atoms with van der Waals surface area (Å²) in [6, 6.07) is 0.436. The predicted octanol–water partition coefficient (Wildman–Crippen LogP) is -0.491. The van der Waals surface area contributed by atoms with E-state index < -0.39 is 76.1 Å². The van der Waals surface area contributed by atoms with E-state index in [1.807, 2.05) is 0 Å². The van der Waals surface area contributed by atoms with Gasteiger partial charge in [0.05, 0.1) is 24.1 Å². The van der Waals surface area contributed by atoms with Crippen LogP contribution in [-0.4, -0.2) is 96.6 Å². The molecular formula is C28H33N3O9. The zero-order valence-corrected chi connectivity index (χ0v) is 23.0. The van der Waals surface area contributed by atoms with Crippen molar-refractivity contribution in [3.05, 3.63) is 28.8 Å². The number of ketones is 4. The Morgan fingerprint density at radius 2 is 1.80 bits per heavy atom. The molecule has 0 bridgehead atoms. The van der Waals surface area contributed by atoms with E-state index in [1.165, 1.54) is 25.1 Å². The summed E-state index contributed by atoms with van der Waals surface area (Å²) in [4.78, 5) is 81.6. The standard InChI is InChI=1S/C28H33N3O9/c1-6-40-17(32)8-7-12-11-16(30(2)3)14-9-13-10-15-21(31(4)5)24(35)20(27(29)38)26(37)28(15,39)25(36)18(13)23(34)19(14)22(12)33/h7-8,11,13,15,18,20-21,33,39H,6,9-10H2,1-5H3,(H2,29,38)/b8-7+/t13-,15-,18?,20?,21?,28-/m1/s1. The van der Waals surface area contributed by atoms with Crippen molar-refractivity contribution in [3.8, 4) is 5.75 Å². The van der Waals surface area contributed by atoms with Crippen LogP contribution in [0.3, 0.4) is 0 Å². The first-order chi connectivity index (χ1) is 18.7. The Kier molecular flexibility index (Phi) is 7.46. The number of nitrogens with two attached hydrogens (primary N) is 1. The Labute approximate surface area is 230 Å². The molecule has 6 atom stereocenters. The number of hydrogen-bond acceptors (Lipinski definition) is 11. The Morgan fingerprint density at radius 3 is 2.35 bits per heavy atom. The van der Waals surface area contributed by atoms with Gasteiger partial charge in [0, 0.05) is 37.3 Å². The molecule has 12 nitrogen and oxygen atoms in total. The van der Waals surface area contributed by atoms with Crippen molar-refractivity contribution in [2.24, 2.45) is 29.4 Å². The second-order valence-corrected chi connectivity index (χ2v) is 11.0. The fourth-order valence-corrected chi connectivity index (χ4v) is 6.55. The minimum atomic E-state index is -2.79. The summed E-state index contributed by atoms with van der Waals surface area (Å²) in [6.45, 7) is 1.78. The van der Waals surface area contributed by atoms with Crippen LogP contribution in [0.5, 0.6) is 5.75 Å². The number of amides is 1. The van der Waals surface area contributed by atoms with Gasteiger partial charge in [0.25, 0.3) is 0 Å². The van der Waals surface area contributed by atoms with Gasteiger partial charge in [0.1, 0.15) is 5.75 Å². The molecular weight excluding hydrogens is 522 g/mol. The molecule has 4 N–H and O–H groups in total. The maximum Gasteiger partial charge on any atom is 0.330 e. The van der Waals surface area contributed by atoms with Crippen LogP contribution in [0.2, 0.25) is 0 Å². The number of ether oxygens (including phenoxy) is 1. The van der Waals surface area contributed by atoms with Gasteiger partial charge in [0.2, 0.25) is 5.91 Å². The summed E-state index contributed by atoms with van der Waals surface area (Å²) in [5.74, 6) is -11.9. The molecule has 0 saturated heterocycles. The summed E-state index contributed by atoms with van der Waals surface area (Å²) in [6.07, 6.45) is 2.49. The van der Waals surface area contributed by atoms with E-state index in [1.54, 1.807) is 32.0 Å². The topological polar surface area (TPSA) is 185 Å². The molecule has 0 spiro atoms. The second-order valence-electron chi connectivity index (χ2n) is 11.0. The first-order valence-corrected chi connectivity index (χ1v) is 12.9. The van der Waals surface area contributed by atoms with E-state index in [0.717, 1.165) is 6.08 Å². The Morgan fingerprint density at radius 1 is 1.15 bits per heavy atom. The fraction of sp³-hybridized carbons (Fsp3) is 0.500. The fourth-order valence-electron chi connectivity index (χ4n) is 6.55. The lowest BCUT2D eigenvalue weighted by molar-refractivity contribution is -0.181. The number of aromatic hydroxyl groups is 1. The van der Waals surface area contributed by atoms with E-state index >= 15 is 0 Å². The highest BCUT2D eigenvalue weighted by Gasteiger charge is 2.69. The average molecular weight is 556 g/mol. The Hall–Kier alpha value is -3.90. The lowest BCUT2D eigenvalue weighted by atomic mass is 9.52. The first-order valence-electron chi connectivity index (χ1n) is 12.9.